The van der Waals surface area contributed by atoms with E-state index in [0.29, 0.717) is 17.0 Å². The lowest BCUT2D eigenvalue weighted by molar-refractivity contribution is 0.102. The summed E-state index contributed by atoms with van der Waals surface area (Å²) >= 11 is 0. The fraction of sp³-hybridized carbons (Fsp3) is 0.333. The van der Waals surface area contributed by atoms with Crippen LogP contribution in [0.3, 0.4) is 0 Å². The Balaban J connectivity index is 2.17. The summed E-state index contributed by atoms with van der Waals surface area (Å²) in [5.41, 5.74) is 1.83. The molecule has 0 aliphatic heterocycles. The fourth-order valence-corrected chi connectivity index (χ4v) is 1.45. The number of methoxy groups -OCH3 is 1. The molecule has 0 aliphatic rings. The van der Waals surface area contributed by atoms with E-state index in [1.165, 1.54) is 7.11 Å². The van der Waals surface area contributed by atoms with E-state index in [1.807, 2.05) is 0 Å². The first-order chi connectivity index (χ1) is 8.11. The second-order valence-electron chi connectivity index (χ2n) is 3.43. The Morgan fingerprint density at radius 3 is 2.59 bits per heavy atom. The van der Waals surface area contributed by atoms with Crippen molar-refractivity contribution in [1.82, 2.24) is 25.4 Å². The molecule has 8 heteroatoms. The molecule has 2 aromatic rings. The van der Waals surface area contributed by atoms with E-state index in [0.717, 1.165) is 0 Å². The van der Waals surface area contributed by atoms with Gasteiger partial charge in [-0.1, -0.05) is 0 Å². The van der Waals surface area contributed by atoms with Crippen LogP contribution in [0.1, 0.15) is 21.7 Å². The molecular weight excluding hydrogens is 224 g/mol. The highest BCUT2D eigenvalue weighted by Crippen LogP contribution is 2.12. The Labute approximate surface area is 96.8 Å². The lowest BCUT2D eigenvalue weighted by Crippen LogP contribution is -2.14. The van der Waals surface area contributed by atoms with Crippen LogP contribution < -0.4 is 10.1 Å². The monoisotopic (exact) mass is 236 g/mol. The lowest BCUT2D eigenvalue weighted by Gasteiger charge is -2.00. The average Bonchev–Trinajstić information content (AvgIpc) is 2.86. The van der Waals surface area contributed by atoms with Crippen molar-refractivity contribution in [2.75, 3.05) is 12.4 Å². The number of carbonyl (C=O) groups excluding carboxylic acids is 1. The zero-order valence-corrected chi connectivity index (χ0v) is 9.66. The highest BCUT2D eigenvalue weighted by atomic mass is 16.5. The number of H-pyrrole nitrogens is 2. The zero-order chi connectivity index (χ0) is 12.4. The molecular formula is C9H12N6O2. The van der Waals surface area contributed by atoms with E-state index in [2.05, 4.69) is 30.7 Å². The van der Waals surface area contributed by atoms with Crippen LogP contribution in [0.15, 0.2) is 0 Å². The summed E-state index contributed by atoms with van der Waals surface area (Å²) in [5, 5.41) is 15.5. The Morgan fingerprint density at radius 2 is 2.06 bits per heavy atom. The van der Waals surface area contributed by atoms with Gasteiger partial charge in [0.1, 0.15) is 0 Å². The largest absolute Gasteiger partial charge is 0.466 e. The second kappa shape index (κ2) is 4.24. The number of ether oxygens (including phenoxy) is 1. The van der Waals surface area contributed by atoms with Gasteiger partial charge in [0.15, 0.2) is 0 Å². The van der Waals surface area contributed by atoms with E-state index in [4.69, 9.17) is 4.74 Å². The first-order valence-corrected chi connectivity index (χ1v) is 4.91. The standard InChI is InChI=1S/C9H12N6O2/c1-4-6(5(2)13-12-4)7(16)10-8-11-9(17-3)15-14-8/h1-3H3,(H,12,13)(H2,10,11,14,15,16). The minimum atomic E-state index is -0.299. The Hall–Kier alpha value is -2.38. The SMILES string of the molecule is COc1n[nH]c(NC(=O)c2c(C)n[nH]c2C)n1. The quantitative estimate of drug-likeness (QED) is 0.715. The third kappa shape index (κ3) is 2.10. The normalized spacial score (nSPS) is 10.3. The van der Waals surface area contributed by atoms with Crippen molar-refractivity contribution < 1.29 is 9.53 Å². The molecule has 0 atom stereocenters. The van der Waals surface area contributed by atoms with Crippen LogP contribution >= 0.6 is 0 Å². The summed E-state index contributed by atoms with van der Waals surface area (Å²) in [6.45, 7) is 3.52. The maximum Gasteiger partial charge on any atom is 0.336 e. The smallest absolute Gasteiger partial charge is 0.336 e. The van der Waals surface area contributed by atoms with Gasteiger partial charge in [0.05, 0.1) is 18.4 Å². The number of hydrogen-bond donors (Lipinski definition) is 3. The van der Waals surface area contributed by atoms with Crippen molar-refractivity contribution in [1.29, 1.82) is 0 Å². The number of aromatic amines is 2. The topological polar surface area (TPSA) is 109 Å². The number of aromatic nitrogens is 5. The summed E-state index contributed by atoms with van der Waals surface area (Å²) in [7, 11) is 1.44. The maximum atomic E-state index is 11.9. The molecule has 0 bridgehead atoms. The molecule has 2 heterocycles. The van der Waals surface area contributed by atoms with Crippen LogP contribution in [-0.4, -0.2) is 38.4 Å². The number of anilines is 1. The average molecular weight is 236 g/mol. The minimum absolute atomic E-state index is 0.168. The zero-order valence-electron chi connectivity index (χ0n) is 9.66. The van der Waals surface area contributed by atoms with Crippen molar-refractivity contribution >= 4 is 11.9 Å². The third-order valence-electron chi connectivity index (χ3n) is 2.23. The maximum absolute atomic E-state index is 11.9. The van der Waals surface area contributed by atoms with Crippen molar-refractivity contribution in [3.05, 3.63) is 17.0 Å². The van der Waals surface area contributed by atoms with E-state index in [1.54, 1.807) is 13.8 Å². The molecule has 0 unspecified atom stereocenters. The molecule has 0 aromatic carbocycles. The highest BCUT2D eigenvalue weighted by Gasteiger charge is 2.16. The summed E-state index contributed by atoms with van der Waals surface area (Å²) in [5.74, 6) is -0.0700. The van der Waals surface area contributed by atoms with Crippen LogP contribution in [0.4, 0.5) is 5.95 Å². The molecule has 0 fully saturated rings. The predicted octanol–water partition coefficient (Wildman–Crippen LogP) is 0.406. The molecule has 0 saturated heterocycles. The van der Waals surface area contributed by atoms with Gasteiger partial charge in [-0.05, 0) is 13.8 Å². The first kappa shape index (κ1) is 11.1. The van der Waals surface area contributed by atoms with Crippen LogP contribution in [0.2, 0.25) is 0 Å². The number of hydrogen-bond acceptors (Lipinski definition) is 5. The summed E-state index contributed by atoms with van der Waals surface area (Å²) in [6, 6.07) is 0.168. The van der Waals surface area contributed by atoms with Gasteiger partial charge in [0.2, 0.25) is 5.95 Å². The van der Waals surface area contributed by atoms with Crippen LogP contribution in [0.5, 0.6) is 6.01 Å². The number of aryl methyl sites for hydroxylation is 2. The van der Waals surface area contributed by atoms with Crippen LogP contribution in [0, 0.1) is 13.8 Å². The minimum Gasteiger partial charge on any atom is -0.466 e. The van der Waals surface area contributed by atoms with Gasteiger partial charge in [0.25, 0.3) is 5.91 Å². The van der Waals surface area contributed by atoms with Crippen LogP contribution in [0.25, 0.3) is 0 Å². The first-order valence-electron chi connectivity index (χ1n) is 4.91. The molecule has 8 nitrogen and oxygen atoms in total. The lowest BCUT2D eigenvalue weighted by atomic mass is 10.2. The van der Waals surface area contributed by atoms with Gasteiger partial charge >= 0.3 is 6.01 Å². The molecule has 2 aromatic heterocycles. The van der Waals surface area contributed by atoms with E-state index < -0.39 is 0 Å². The van der Waals surface area contributed by atoms with Crippen molar-refractivity contribution in [3.63, 3.8) is 0 Å². The Morgan fingerprint density at radius 1 is 1.29 bits per heavy atom. The number of nitrogens with one attached hydrogen (secondary N) is 3. The molecule has 0 spiro atoms. The Bertz CT molecular complexity index is 524. The highest BCUT2D eigenvalue weighted by molar-refractivity contribution is 6.04. The number of rotatable bonds is 3. The predicted molar refractivity (Wildman–Crippen MR) is 58.9 cm³/mol. The van der Waals surface area contributed by atoms with Gasteiger partial charge in [-0.25, -0.2) is 5.10 Å². The number of carbonyl (C=O) groups is 1. The molecule has 17 heavy (non-hydrogen) atoms. The number of amides is 1. The molecule has 0 aliphatic carbocycles. The molecule has 2 rings (SSSR count). The van der Waals surface area contributed by atoms with Crippen molar-refractivity contribution in [2.24, 2.45) is 0 Å². The molecule has 1 amide bonds. The third-order valence-corrected chi connectivity index (χ3v) is 2.23. The fourth-order valence-electron chi connectivity index (χ4n) is 1.45. The second-order valence-corrected chi connectivity index (χ2v) is 3.43. The number of nitrogens with zero attached hydrogens (tertiary/aromatic N) is 3. The Kier molecular flexibility index (Phi) is 2.77. The van der Waals surface area contributed by atoms with Crippen molar-refractivity contribution in [3.8, 4) is 6.01 Å². The molecule has 0 saturated carbocycles. The van der Waals surface area contributed by atoms with E-state index >= 15 is 0 Å². The van der Waals surface area contributed by atoms with E-state index in [9.17, 15) is 4.79 Å². The van der Waals surface area contributed by atoms with Gasteiger partial charge in [0, 0.05) is 5.69 Å². The summed E-state index contributed by atoms with van der Waals surface area (Å²) in [4.78, 5) is 15.8. The van der Waals surface area contributed by atoms with Gasteiger partial charge in [-0.2, -0.15) is 10.1 Å². The van der Waals surface area contributed by atoms with Crippen LogP contribution in [-0.2, 0) is 0 Å². The molecule has 0 radical (unpaired) electrons. The van der Waals surface area contributed by atoms with Gasteiger partial charge in [-0.3, -0.25) is 15.2 Å². The van der Waals surface area contributed by atoms with Gasteiger partial charge < -0.3 is 4.74 Å². The summed E-state index contributed by atoms with van der Waals surface area (Å²) < 4.78 is 4.79. The molecule has 3 N–H and O–H groups in total. The van der Waals surface area contributed by atoms with Gasteiger partial charge in [-0.15, -0.1) is 5.10 Å². The van der Waals surface area contributed by atoms with E-state index in [-0.39, 0.29) is 17.9 Å². The molecule has 90 valence electrons. The summed E-state index contributed by atoms with van der Waals surface area (Å²) in [6.07, 6.45) is 0. The van der Waals surface area contributed by atoms with Crippen molar-refractivity contribution in [2.45, 2.75) is 13.8 Å².